The molecular weight excluding hydrogens is 506 g/mol. The quantitative estimate of drug-likeness (QED) is 0.207. The van der Waals surface area contributed by atoms with E-state index in [9.17, 15) is 14.4 Å². The van der Waals surface area contributed by atoms with Crippen molar-refractivity contribution in [2.24, 2.45) is 0 Å². The van der Waals surface area contributed by atoms with E-state index < -0.39 is 11.2 Å². The maximum absolute atomic E-state index is 12.8. The number of rotatable bonds is 10. The van der Waals surface area contributed by atoms with Gasteiger partial charge in [0, 0.05) is 11.6 Å². The first-order valence-corrected chi connectivity index (χ1v) is 12.8. The molecule has 9 heteroatoms. The van der Waals surface area contributed by atoms with Crippen LogP contribution in [0.4, 0.5) is 4.79 Å². The number of carbonyl (C=O) groups excluding carboxylic acids is 3. The largest absolute Gasteiger partial charge is 0.497 e. The highest BCUT2D eigenvalue weighted by atomic mass is 32.2. The lowest BCUT2D eigenvalue weighted by Gasteiger charge is -2.12. The van der Waals surface area contributed by atoms with Crippen LogP contribution in [0.2, 0.25) is 0 Å². The monoisotopic (exact) mass is 533 g/mol. The fourth-order valence-electron chi connectivity index (χ4n) is 3.84. The molecule has 2 amide bonds. The molecule has 0 bridgehead atoms. The Balaban J connectivity index is 1.50. The number of amides is 2. The zero-order chi connectivity index (χ0) is 27.1. The molecule has 1 aliphatic rings. The van der Waals surface area contributed by atoms with Crippen LogP contribution >= 0.6 is 11.8 Å². The Morgan fingerprint density at radius 2 is 1.58 bits per heavy atom. The molecule has 1 atom stereocenters. The highest BCUT2D eigenvalue weighted by molar-refractivity contribution is 8.15. The summed E-state index contributed by atoms with van der Waals surface area (Å²) in [4.78, 5) is 36.0. The lowest BCUT2D eigenvalue weighted by molar-refractivity contribution is -0.136. The summed E-state index contributed by atoms with van der Waals surface area (Å²) in [6.45, 7) is 2.00. The predicted molar refractivity (Wildman–Crippen MR) is 146 cm³/mol. The van der Waals surface area contributed by atoms with Gasteiger partial charge in [-0.05, 0) is 66.9 Å². The fraction of sp³-hybridized carbons (Fsp3) is 0.207. The van der Waals surface area contributed by atoms with Crippen molar-refractivity contribution in [3.63, 3.8) is 0 Å². The van der Waals surface area contributed by atoms with Gasteiger partial charge in [-0.15, -0.1) is 0 Å². The maximum atomic E-state index is 12.8. The van der Waals surface area contributed by atoms with Gasteiger partial charge in [0.05, 0.1) is 31.6 Å². The van der Waals surface area contributed by atoms with Crippen molar-refractivity contribution < 1.29 is 33.3 Å². The SMILES string of the molecule is CCOC(=O)/C(=C/c1ccc(OC)cc1OC)c1ccc(Oc2ccc(CC3SC(=O)NC3=O)cc2)cc1. The Hall–Kier alpha value is -4.24. The van der Waals surface area contributed by atoms with Gasteiger partial charge >= 0.3 is 5.97 Å². The summed E-state index contributed by atoms with van der Waals surface area (Å²) in [6.07, 6.45) is 2.18. The summed E-state index contributed by atoms with van der Waals surface area (Å²) in [5.41, 5.74) is 2.66. The van der Waals surface area contributed by atoms with Crippen LogP contribution in [0.5, 0.6) is 23.0 Å². The number of nitrogens with one attached hydrogen (secondary N) is 1. The van der Waals surface area contributed by atoms with E-state index in [1.807, 2.05) is 30.3 Å². The number of hydrogen-bond donors (Lipinski definition) is 1. The summed E-state index contributed by atoms with van der Waals surface area (Å²) >= 11 is 1.01. The molecule has 196 valence electrons. The topological polar surface area (TPSA) is 100 Å². The van der Waals surface area contributed by atoms with Gasteiger partial charge in [0.2, 0.25) is 5.91 Å². The van der Waals surface area contributed by atoms with Crippen molar-refractivity contribution in [1.82, 2.24) is 5.32 Å². The molecule has 0 aromatic heterocycles. The lowest BCUT2D eigenvalue weighted by atomic mass is 10.0. The van der Waals surface area contributed by atoms with E-state index in [4.69, 9.17) is 18.9 Å². The zero-order valence-electron chi connectivity index (χ0n) is 21.2. The summed E-state index contributed by atoms with van der Waals surface area (Å²) in [6, 6.07) is 19.8. The van der Waals surface area contributed by atoms with Crippen molar-refractivity contribution in [2.45, 2.75) is 18.6 Å². The summed E-state index contributed by atoms with van der Waals surface area (Å²) < 4.78 is 22.0. The summed E-state index contributed by atoms with van der Waals surface area (Å²) in [5, 5.41) is 1.57. The molecule has 1 saturated heterocycles. The molecular formula is C29H27NO7S. The van der Waals surface area contributed by atoms with E-state index in [1.54, 1.807) is 63.6 Å². The average molecular weight is 534 g/mol. The molecule has 1 N–H and O–H groups in total. The standard InChI is InChI=1S/C29H27NO7S/c1-4-36-28(32)24(16-20-9-14-23(34-2)17-25(20)35-3)19-7-12-22(13-8-19)37-21-10-5-18(6-11-21)15-26-27(31)30-29(33)38-26/h5-14,16-17,26H,4,15H2,1-3H3,(H,30,31,33)/b24-16+. The number of methoxy groups -OCH3 is 2. The number of ether oxygens (including phenoxy) is 4. The van der Waals surface area contributed by atoms with Crippen LogP contribution in [-0.2, 0) is 20.7 Å². The van der Waals surface area contributed by atoms with Crippen LogP contribution < -0.4 is 19.5 Å². The fourth-order valence-corrected chi connectivity index (χ4v) is 4.70. The lowest BCUT2D eigenvalue weighted by Crippen LogP contribution is -2.25. The van der Waals surface area contributed by atoms with Crippen LogP contribution in [0.1, 0.15) is 23.6 Å². The van der Waals surface area contributed by atoms with Gasteiger partial charge in [-0.1, -0.05) is 36.0 Å². The minimum absolute atomic E-state index is 0.244. The smallest absolute Gasteiger partial charge is 0.338 e. The molecule has 1 fully saturated rings. The molecule has 0 saturated carbocycles. The zero-order valence-corrected chi connectivity index (χ0v) is 22.0. The molecule has 3 aromatic rings. The van der Waals surface area contributed by atoms with Gasteiger partial charge in [0.1, 0.15) is 23.0 Å². The van der Waals surface area contributed by atoms with Crippen molar-refractivity contribution >= 4 is 40.5 Å². The second kappa shape index (κ2) is 12.3. The van der Waals surface area contributed by atoms with Crippen LogP contribution in [0.3, 0.4) is 0 Å². The molecule has 8 nitrogen and oxygen atoms in total. The molecule has 0 aliphatic carbocycles. The Bertz CT molecular complexity index is 1350. The van der Waals surface area contributed by atoms with Gasteiger partial charge in [0.15, 0.2) is 0 Å². The van der Waals surface area contributed by atoms with E-state index in [0.29, 0.717) is 46.1 Å². The third kappa shape index (κ3) is 6.54. The van der Waals surface area contributed by atoms with Crippen molar-refractivity contribution in [3.05, 3.63) is 83.4 Å². The van der Waals surface area contributed by atoms with Crippen LogP contribution in [0.25, 0.3) is 11.6 Å². The van der Waals surface area contributed by atoms with Crippen molar-refractivity contribution in [1.29, 1.82) is 0 Å². The highest BCUT2D eigenvalue weighted by Gasteiger charge is 2.31. The van der Waals surface area contributed by atoms with Gasteiger partial charge in [-0.25, -0.2) is 4.79 Å². The third-order valence-corrected chi connectivity index (χ3v) is 6.73. The summed E-state index contributed by atoms with van der Waals surface area (Å²) in [7, 11) is 3.13. The minimum atomic E-state index is -0.453. The maximum Gasteiger partial charge on any atom is 0.338 e. The van der Waals surface area contributed by atoms with E-state index in [-0.39, 0.29) is 17.8 Å². The molecule has 4 rings (SSSR count). The second-order valence-electron chi connectivity index (χ2n) is 8.24. The normalized spacial score (nSPS) is 15.1. The Labute approximate surface area is 224 Å². The van der Waals surface area contributed by atoms with Gasteiger partial charge < -0.3 is 18.9 Å². The Morgan fingerprint density at radius 1 is 0.921 bits per heavy atom. The van der Waals surface area contributed by atoms with Crippen LogP contribution in [0.15, 0.2) is 66.7 Å². The van der Waals surface area contributed by atoms with Gasteiger partial charge in [0.25, 0.3) is 5.24 Å². The Morgan fingerprint density at radius 3 is 2.16 bits per heavy atom. The first-order chi connectivity index (χ1) is 18.4. The van der Waals surface area contributed by atoms with Crippen molar-refractivity contribution in [3.8, 4) is 23.0 Å². The first kappa shape index (κ1) is 26.8. The highest BCUT2D eigenvalue weighted by Crippen LogP contribution is 2.31. The molecule has 3 aromatic carbocycles. The van der Waals surface area contributed by atoms with E-state index in [2.05, 4.69) is 5.32 Å². The predicted octanol–water partition coefficient (Wildman–Crippen LogP) is 5.49. The van der Waals surface area contributed by atoms with E-state index in [0.717, 1.165) is 17.3 Å². The number of hydrogen-bond acceptors (Lipinski definition) is 8. The van der Waals surface area contributed by atoms with E-state index >= 15 is 0 Å². The van der Waals surface area contributed by atoms with E-state index in [1.165, 1.54) is 0 Å². The number of benzene rings is 3. The Kier molecular flexibility index (Phi) is 8.70. The molecule has 0 spiro atoms. The third-order valence-electron chi connectivity index (χ3n) is 5.75. The molecule has 1 aliphatic heterocycles. The average Bonchev–Trinajstić information content (AvgIpc) is 3.25. The first-order valence-electron chi connectivity index (χ1n) is 11.9. The van der Waals surface area contributed by atoms with Crippen LogP contribution in [-0.4, -0.2) is 43.2 Å². The van der Waals surface area contributed by atoms with Crippen molar-refractivity contribution in [2.75, 3.05) is 20.8 Å². The van der Waals surface area contributed by atoms with Crippen LogP contribution in [0, 0.1) is 0 Å². The minimum Gasteiger partial charge on any atom is -0.497 e. The van der Waals surface area contributed by atoms with Gasteiger partial charge in [-0.3, -0.25) is 14.9 Å². The molecule has 1 heterocycles. The molecule has 1 unspecified atom stereocenters. The number of thioether (sulfide) groups is 1. The summed E-state index contributed by atoms with van der Waals surface area (Å²) in [5.74, 6) is 1.69. The second-order valence-corrected chi connectivity index (χ2v) is 9.42. The molecule has 0 radical (unpaired) electrons. The molecule has 38 heavy (non-hydrogen) atoms. The number of imide groups is 1. The number of esters is 1. The number of carbonyl (C=O) groups is 3. The van der Waals surface area contributed by atoms with Gasteiger partial charge in [-0.2, -0.15) is 0 Å².